The topological polar surface area (TPSA) is 50.4 Å². The molecule has 0 radical (unpaired) electrons. The van der Waals surface area contributed by atoms with Crippen LogP contribution in [0.4, 0.5) is 0 Å². The Morgan fingerprint density at radius 2 is 2.16 bits per heavy atom. The minimum atomic E-state index is 0.543. The number of fused-ring (bicyclic) bond motifs is 1. The zero-order chi connectivity index (χ0) is 13.7. The van der Waals surface area contributed by atoms with Crippen LogP contribution in [0.3, 0.4) is 0 Å². The molecule has 3 nitrogen and oxygen atoms in total. The van der Waals surface area contributed by atoms with E-state index in [2.05, 4.69) is 53.8 Å². The maximum atomic E-state index is 5.82. The molecule has 0 saturated carbocycles. The lowest BCUT2D eigenvalue weighted by atomic mass is 10.1. The number of hydrogen-bond acceptors (Lipinski definition) is 2. The number of hydrogen-bond donors (Lipinski definition) is 2. The van der Waals surface area contributed by atoms with Gasteiger partial charge in [-0.15, -0.1) is 11.3 Å². The van der Waals surface area contributed by atoms with Gasteiger partial charge in [0.05, 0.1) is 0 Å². The second kappa shape index (κ2) is 6.57. The Hall–Kier alpha value is -1.55. The summed E-state index contributed by atoms with van der Waals surface area (Å²) in [6, 6.07) is 8.51. The van der Waals surface area contributed by atoms with Gasteiger partial charge in [0.25, 0.3) is 0 Å². The van der Waals surface area contributed by atoms with E-state index in [-0.39, 0.29) is 0 Å². The predicted octanol–water partition coefficient (Wildman–Crippen LogP) is 3.00. The molecule has 0 bridgehead atoms. The highest BCUT2D eigenvalue weighted by molar-refractivity contribution is 7.17. The molecule has 1 heterocycles. The molecule has 0 aliphatic heterocycles. The molecule has 4 heteroatoms. The van der Waals surface area contributed by atoms with Crippen LogP contribution < -0.4 is 11.1 Å². The average molecular weight is 275 g/mol. The van der Waals surface area contributed by atoms with Crippen LogP contribution in [0.15, 0.2) is 34.6 Å². The van der Waals surface area contributed by atoms with Crippen molar-refractivity contribution in [3.05, 3.63) is 35.2 Å². The third-order valence-corrected chi connectivity index (χ3v) is 3.90. The number of nitrogens with two attached hydrogens (primary N) is 1. The largest absolute Gasteiger partial charge is 0.370 e. The second-order valence-corrected chi connectivity index (χ2v) is 5.96. The van der Waals surface area contributed by atoms with E-state index in [1.54, 1.807) is 11.3 Å². The first-order valence-corrected chi connectivity index (χ1v) is 7.53. The Labute approximate surface area is 118 Å². The van der Waals surface area contributed by atoms with Crippen molar-refractivity contribution >= 4 is 27.4 Å². The lowest BCUT2D eigenvalue weighted by Crippen LogP contribution is -2.33. The number of rotatable bonds is 5. The quantitative estimate of drug-likeness (QED) is 0.651. The van der Waals surface area contributed by atoms with Crippen LogP contribution >= 0.6 is 11.3 Å². The van der Waals surface area contributed by atoms with Gasteiger partial charge in [-0.05, 0) is 34.7 Å². The van der Waals surface area contributed by atoms with Crippen molar-refractivity contribution in [2.24, 2.45) is 16.6 Å². The lowest BCUT2D eigenvalue weighted by Gasteiger charge is -2.06. The Morgan fingerprint density at radius 1 is 1.37 bits per heavy atom. The summed E-state index contributed by atoms with van der Waals surface area (Å²) in [5.41, 5.74) is 7.19. The maximum Gasteiger partial charge on any atom is 0.188 e. The maximum absolute atomic E-state index is 5.82. The van der Waals surface area contributed by atoms with Gasteiger partial charge in [0.15, 0.2) is 5.96 Å². The number of nitrogens with one attached hydrogen (secondary N) is 1. The summed E-state index contributed by atoms with van der Waals surface area (Å²) in [7, 11) is 0. The van der Waals surface area contributed by atoms with Crippen molar-refractivity contribution < 1.29 is 0 Å². The number of benzene rings is 1. The molecule has 2 rings (SSSR count). The molecule has 1 aromatic carbocycles. The third kappa shape index (κ3) is 3.96. The van der Waals surface area contributed by atoms with Gasteiger partial charge in [-0.2, -0.15) is 0 Å². The fraction of sp³-hybridized carbons (Fsp3) is 0.400. The third-order valence-electron chi connectivity index (χ3n) is 2.89. The van der Waals surface area contributed by atoms with Gasteiger partial charge in [-0.1, -0.05) is 32.0 Å². The Kier molecular flexibility index (Phi) is 4.80. The van der Waals surface area contributed by atoms with Gasteiger partial charge in [0, 0.05) is 17.8 Å². The van der Waals surface area contributed by atoms with E-state index >= 15 is 0 Å². The average Bonchev–Trinajstić information content (AvgIpc) is 2.80. The van der Waals surface area contributed by atoms with Gasteiger partial charge < -0.3 is 11.1 Å². The van der Waals surface area contributed by atoms with Crippen molar-refractivity contribution in [3.8, 4) is 0 Å². The molecule has 2 aromatic rings. The van der Waals surface area contributed by atoms with Gasteiger partial charge in [-0.25, -0.2) is 0 Å². The molecule has 0 fully saturated rings. The summed E-state index contributed by atoms with van der Waals surface area (Å²) in [5, 5.41) is 6.76. The summed E-state index contributed by atoms with van der Waals surface area (Å²) in [5.74, 6) is 1.09. The number of guanidine groups is 1. The highest BCUT2D eigenvalue weighted by atomic mass is 32.1. The minimum Gasteiger partial charge on any atom is -0.370 e. The van der Waals surface area contributed by atoms with E-state index in [9.17, 15) is 0 Å². The van der Waals surface area contributed by atoms with Crippen LogP contribution in [-0.4, -0.2) is 19.0 Å². The van der Waals surface area contributed by atoms with E-state index in [0.717, 1.165) is 19.5 Å². The highest BCUT2D eigenvalue weighted by Crippen LogP contribution is 2.25. The zero-order valence-electron chi connectivity index (χ0n) is 11.5. The summed E-state index contributed by atoms with van der Waals surface area (Å²) >= 11 is 1.80. The first kappa shape index (κ1) is 13.9. The van der Waals surface area contributed by atoms with Crippen molar-refractivity contribution in [2.45, 2.75) is 20.3 Å². The van der Waals surface area contributed by atoms with E-state index in [1.807, 2.05) is 0 Å². The molecular formula is C15H21N3S. The molecule has 102 valence electrons. The Bertz CT molecular complexity index is 557. The Morgan fingerprint density at radius 3 is 2.95 bits per heavy atom. The Balaban J connectivity index is 1.87. The molecule has 0 aliphatic carbocycles. The fourth-order valence-corrected chi connectivity index (χ4v) is 2.89. The number of aliphatic imine (C=N–C) groups is 1. The van der Waals surface area contributed by atoms with Crippen LogP contribution in [0.2, 0.25) is 0 Å². The van der Waals surface area contributed by atoms with Crippen molar-refractivity contribution in [2.75, 3.05) is 13.1 Å². The normalized spacial score (nSPS) is 12.3. The lowest BCUT2D eigenvalue weighted by molar-refractivity contribution is 0.661. The SMILES string of the molecule is CC(C)CN=C(N)NCCc1csc2ccccc12. The summed E-state index contributed by atoms with van der Waals surface area (Å²) in [4.78, 5) is 4.29. The first-order valence-electron chi connectivity index (χ1n) is 6.65. The number of nitrogens with zero attached hydrogens (tertiary/aromatic N) is 1. The summed E-state index contributed by atoms with van der Waals surface area (Å²) < 4.78 is 1.35. The van der Waals surface area contributed by atoms with Crippen LogP contribution in [0.25, 0.3) is 10.1 Å². The molecule has 19 heavy (non-hydrogen) atoms. The smallest absolute Gasteiger partial charge is 0.188 e. The van der Waals surface area contributed by atoms with Gasteiger partial charge >= 0.3 is 0 Å². The van der Waals surface area contributed by atoms with Crippen molar-refractivity contribution in [3.63, 3.8) is 0 Å². The fourth-order valence-electron chi connectivity index (χ4n) is 1.89. The molecule has 0 unspecified atom stereocenters. The molecule has 0 spiro atoms. The van der Waals surface area contributed by atoms with Crippen molar-refractivity contribution in [1.82, 2.24) is 5.32 Å². The molecule has 0 saturated heterocycles. The predicted molar refractivity (Wildman–Crippen MR) is 84.9 cm³/mol. The van der Waals surface area contributed by atoms with Crippen molar-refractivity contribution in [1.29, 1.82) is 0 Å². The molecule has 0 atom stereocenters. The van der Waals surface area contributed by atoms with E-state index in [4.69, 9.17) is 5.73 Å². The highest BCUT2D eigenvalue weighted by Gasteiger charge is 2.03. The van der Waals surface area contributed by atoms with E-state index in [1.165, 1.54) is 15.6 Å². The zero-order valence-corrected chi connectivity index (χ0v) is 12.3. The minimum absolute atomic E-state index is 0.543. The van der Waals surface area contributed by atoms with E-state index < -0.39 is 0 Å². The molecular weight excluding hydrogens is 254 g/mol. The van der Waals surface area contributed by atoms with Crippen LogP contribution in [0.5, 0.6) is 0 Å². The van der Waals surface area contributed by atoms with Gasteiger partial charge in [0.2, 0.25) is 0 Å². The van der Waals surface area contributed by atoms with Crippen LogP contribution in [0, 0.1) is 5.92 Å². The van der Waals surface area contributed by atoms with Gasteiger partial charge in [0.1, 0.15) is 0 Å². The van der Waals surface area contributed by atoms with Crippen LogP contribution in [0.1, 0.15) is 19.4 Å². The molecule has 0 amide bonds. The molecule has 1 aromatic heterocycles. The molecule has 3 N–H and O–H groups in total. The first-order chi connectivity index (χ1) is 9.16. The monoisotopic (exact) mass is 275 g/mol. The summed E-state index contributed by atoms with van der Waals surface area (Å²) in [6.45, 7) is 5.87. The second-order valence-electron chi connectivity index (χ2n) is 5.05. The van der Waals surface area contributed by atoms with E-state index in [0.29, 0.717) is 11.9 Å². The summed E-state index contributed by atoms with van der Waals surface area (Å²) in [6.07, 6.45) is 0.974. The van der Waals surface area contributed by atoms with Crippen LogP contribution in [-0.2, 0) is 6.42 Å². The number of thiophene rings is 1. The van der Waals surface area contributed by atoms with Gasteiger partial charge in [-0.3, -0.25) is 4.99 Å². The standard InChI is InChI=1S/C15H21N3S/c1-11(2)9-18-15(16)17-8-7-12-10-19-14-6-4-3-5-13(12)14/h3-6,10-11H,7-9H2,1-2H3,(H3,16,17,18). The molecule has 0 aliphatic rings.